The summed E-state index contributed by atoms with van der Waals surface area (Å²) >= 11 is 3.82. The topological polar surface area (TPSA) is 20.3 Å². The molecule has 0 aliphatic rings. The Morgan fingerprint density at radius 1 is 1.04 bits per heavy atom. The third-order valence-electron chi connectivity index (χ3n) is 3.41. The summed E-state index contributed by atoms with van der Waals surface area (Å²) in [5.41, 5.74) is 2.82. The van der Waals surface area contributed by atoms with E-state index in [0.29, 0.717) is 6.54 Å². The summed E-state index contributed by atoms with van der Waals surface area (Å²) in [7, 11) is 0. The third-order valence-corrected chi connectivity index (χ3v) is 5.00. The second-order valence-corrected chi connectivity index (χ2v) is 7.03. The zero-order valence-corrected chi connectivity index (χ0v) is 15.8. The molecule has 3 rings (SSSR count). The van der Waals surface area contributed by atoms with Crippen molar-refractivity contribution >= 4 is 45.5 Å². The van der Waals surface area contributed by atoms with Gasteiger partial charge in [-0.2, -0.15) is 11.3 Å². The minimum absolute atomic E-state index is 0.200. The number of hydrogen-bond acceptors (Lipinski definition) is 2. The van der Waals surface area contributed by atoms with Crippen LogP contribution in [0.15, 0.2) is 71.4 Å². The summed E-state index contributed by atoms with van der Waals surface area (Å²) < 4.78 is 1.02. The van der Waals surface area contributed by atoms with E-state index in [9.17, 15) is 4.79 Å². The van der Waals surface area contributed by atoms with Gasteiger partial charge in [-0.15, -0.1) is 0 Å². The first-order chi connectivity index (χ1) is 11.7. The lowest BCUT2D eigenvalue weighted by Crippen LogP contribution is -2.29. The molecule has 118 valence electrons. The molecule has 0 spiro atoms. The zero-order chi connectivity index (χ0) is 16.8. The Hall–Kier alpha value is -2.10. The molecule has 1 heterocycles. The molecule has 0 aliphatic carbocycles. The van der Waals surface area contributed by atoms with Gasteiger partial charge in [-0.1, -0.05) is 48.4 Å². The van der Waals surface area contributed by atoms with Crippen molar-refractivity contribution in [2.24, 2.45) is 0 Å². The van der Waals surface area contributed by atoms with E-state index in [1.807, 2.05) is 71.4 Å². The molecule has 0 bridgehead atoms. The monoisotopic (exact) mass is 443 g/mol. The van der Waals surface area contributed by atoms with Crippen molar-refractivity contribution in [3.63, 3.8) is 0 Å². The predicted octanol–water partition coefficient (Wildman–Crippen LogP) is 4.94. The van der Waals surface area contributed by atoms with Gasteiger partial charge in [0.25, 0.3) is 0 Å². The van der Waals surface area contributed by atoms with Gasteiger partial charge in [-0.3, -0.25) is 9.69 Å². The van der Waals surface area contributed by atoms with Crippen LogP contribution in [0.1, 0.15) is 11.1 Å². The lowest BCUT2D eigenvalue weighted by molar-refractivity contribution is -0.113. The molecule has 2 nitrogen and oxygen atoms in total. The number of anilines is 1. The summed E-state index contributed by atoms with van der Waals surface area (Å²) in [5, 5.41) is 3.89. The van der Waals surface area contributed by atoms with Crippen LogP contribution in [0.5, 0.6) is 0 Å². The first-order valence-corrected chi connectivity index (χ1v) is 9.40. The average molecular weight is 443 g/mol. The summed E-state index contributed by atoms with van der Waals surface area (Å²) in [6.07, 6.45) is 0. The van der Waals surface area contributed by atoms with Crippen molar-refractivity contribution in [2.75, 3.05) is 4.90 Å². The van der Waals surface area contributed by atoms with E-state index in [1.165, 1.54) is 0 Å². The molecule has 0 saturated heterocycles. The fraction of sp³-hybridized carbons (Fsp3) is 0.0500. The lowest BCUT2D eigenvalue weighted by atomic mass is 10.2. The molecular weight excluding hydrogens is 429 g/mol. The van der Waals surface area contributed by atoms with Crippen LogP contribution in [-0.4, -0.2) is 5.91 Å². The van der Waals surface area contributed by atoms with Crippen molar-refractivity contribution in [3.05, 3.63) is 86.1 Å². The van der Waals surface area contributed by atoms with Gasteiger partial charge < -0.3 is 0 Å². The summed E-state index contributed by atoms with van der Waals surface area (Å²) in [6, 6.07) is 19.7. The minimum atomic E-state index is -0.200. The standard InChI is InChI=1S/C20H14INOS/c21-18-8-4-5-9-19(18)22(14-16-6-2-1-3-7-16)20(23)11-10-17-12-13-24-15-17/h1-9,12-13,15H,14H2. The molecule has 0 saturated carbocycles. The number of thiophene rings is 1. The highest BCUT2D eigenvalue weighted by molar-refractivity contribution is 14.1. The number of amides is 1. The van der Waals surface area contributed by atoms with Crippen LogP contribution in [0, 0.1) is 15.4 Å². The zero-order valence-electron chi connectivity index (χ0n) is 12.8. The number of rotatable bonds is 3. The Labute approximate surface area is 159 Å². The molecule has 0 atom stereocenters. The molecule has 2 aromatic carbocycles. The highest BCUT2D eigenvalue weighted by Gasteiger charge is 2.16. The number of carbonyl (C=O) groups excluding carboxylic acids is 1. The van der Waals surface area contributed by atoms with Gasteiger partial charge in [0, 0.05) is 20.4 Å². The van der Waals surface area contributed by atoms with Crippen LogP contribution in [0.25, 0.3) is 0 Å². The number of nitrogens with zero attached hydrogens (tertiary/aromatic N) is 1. The first-order valence-electron chi connectivity index (χ1n) is 7.38. The first kappa shape index (κ1) is 16.7. The molecule has 1 amide bonds. The van der Waals surface area contributed by atoms with Crippen LogP contribution >= 0.6 is 33.9 Å². The van der Waals surface area contributed by atoms with Gasteiger partial charge in [-0.25, -0.2) is 0 Å². The smallest absolute Gasteiger partial charge is 0.296 e. The fourth-order valence-electron chi connectivity index (χ4n) is 2.23. The van der Waals surface area contributed by atoms with E-state index in [2.05, 4.69) is 34.4 Å². The van der Waals surface area contributed by atoms with E-state index >= 15 is 0 Å². The number of halogens is 1. The molecular formula is C20H14INOS. The average Bonchev–Trinajstić information content (AvgIpc) is 3.13. The van der Waals surface area contributed by atoms with Gasteiger partial charge in [0.05, 0.1) is 12.2 Å². The van der Waals surface area contributed by atoms with Gasteiger partial charge in [0.15, 0.2) is 0 Å². The summed E-state index contributed by atoms with van der Waals surface area (Å²) in [5.74, 6) is 5.52. The quantitative estimate of drug-likeness (QED) is 0.415. The minimum Gasteiger partial charge on any atom is -0.296 e. The Balaban J connectivity index is 1.92. The van der Waals surface area contributed by atoms with E-state index in [1.54, 1.807) is 16.2 Å². The van der Waals surface area contributed by atoms with Gasteiger partial charge in [-0.05, 0) is 51.7 Å². The third kappa shape index (κ3) is 4.25. The second kappa shape index (κ2) is 8.13. The van der Waals surface area contributed by atoms with Gasteiger partial charge >= 0.3 is 5.91 Å². The molecule has 1 aromatic heterocycles. The SMILES string of the molecule is O=C(C#Cc1ccsc1)N(Cc1ccccc1)c1ccccc1I. The van der Waals surface area contributed by atoms with Crippen molar-refractivity contribution in [1.82, 2.24) is 0 Å². The van der Waals surface area contributed by atoms with Crippen LogP contribution in [0.2, 0.25) is 0 Å². The number of para-hydroxylation sites is 1. The molecule has 0 aliphatic heterocycles. The summed E-state index contributed by atoms with van der Waals surface area (Å²) in [4.78, 5) is 14.5. The van der Waals surface area contributed by atoms with Crippen molar-refractivity contribution in [3.8, 4) is 11.8 Å². The van der Waals surface area contributed by atoms with Crippen LogP contribution < -0.4 is 4.90 Å². The lowest BCUT2D eigenvalue weighted by Gasteiger charge is -2.21. The molecule has 3 aromatic rings. The van der Waals surface area contributed by atoms with Crippen LogP contribution in [0.3, 0.4) is 0 Å². The molecule has 24 heavy (non-hydrogen) atoms. The summed E-state index contributed by atoms with van der Waals surface area (Å²) in [6.45, 7) is 0.498. The normalized spacial score (nSPS) is 9.88. The Morgan fingerprint density at radius 3 is 2.50 bits per heavy atom. The fourth-order valence-corrected chi connectivity index (χ4v) is 3.50. The molecule has 0 fully saturated rings. The highest BCUT2D eigenvalue weighted by Crippen LogP contribution is 2.24. The highest BCUT2D eigenvalue weighted by atomic mass is 127. The maximum atomic E-state index is 12.7. The predicted molar refractivity (Wildman–Crippen MR) is 108 cm³/mol. The van der Waals surface area contributed by atoms with E-state index < -0.39 is 0 Å². The Kier molecular flexibility index (Phi) is 5.68. The van der Waals surface area contributed by atoms with E-state index in [-0.39, 0.29) is 5.91 Å². The molecule has 4 heteroatoms. The van der Waals surface area contributed by atoms with Gasteiger partial charge in [0.2, 0.25) is 0 Å². The molecule has 0 radical (unpaired) electrons. The van der Waals surface area contributed by atoms with E-state index in [0.717, 1.165) is 20.4 Å². The van der Waals surface area contributed by atoms with Gasteiger partial charge in [0.1, 0.15) is 0 Å². The van der Waals surface area contributed by atoms with Crippen molar-refractivity contribution in [1.29, 1.82) is 0 Å². The number of benzene rings is 2. The van der Waals surface area contributed by atoms with Crippen molar-refractivity contribution < 1.29 is 4.79 Å². The Morgan fingerprint density at radius 2 is 1.79 bits per heavy atom. The van der Waals surface area contributed by atoms with Crippen LogP contribution in [-0.2, 0) is 11.3 Å². The second-order valence-electron chi connectivity index (χ2n) is 5.09. The van der Waals surface area contributed by atoms with Crippen molar-refractivity contribution in [2.45, 2.75) is 6.54 Å². The number of hydrogen-bond donors (Lipinski definition) is 0. The molecule has 0 unspecified atom stereocenters. The number of carbonyl (C=O) groups is 1. The molecule has 0 N–H and O–H groups in total. The maximum Gasteiger partial charge on any atom is 0.303 e. The largest absolute Gasteiger partial charge is 0.303 e. The Bertz CT molecular complexity index is 879. The maximum absolute atomic E-state index is 12.7. The van der Waals surface area contributed by atoms with Crippen LogP contribution in [0.4, 0.5) is 5.69 Å². The van der Waals surface area contributed by atoms with E-state index in [4.69, 9.17) is 0 Å².